The van der Waals surface area contributed by atoms with Gasteiger partial charge in [0.15, 0.2) is 0 Å². The maximum atomic E-state index is 9.13. The topological polar surface area (TPSA) is 39.1 Å². The van der Waals surface area contributed by atoms with Crippen molar-refractivity contribution >= 4 is 0 Å². The molecule has 0 rings (SSSR count). The second-order valence-electron chi connectivity index (χ2n) is 4.74. The molecule has 0 aliphatic rings. The van der Waals surface area contributed by atoms with E-state index in [9.17, 15) is 0 Å². The summed E-state index contributed by atoms with van der Waals surface area (Å²) < 4.78 is 0. The van der Waals surface area contributed by atoms with Gasteiger partial charge in [0.2, 0.25) is 0 Å². The van der Waals surface area contributed by atoms with Gasteiger partial charge in [-0.3, -0.25) is 5.32 Å². The highest BCUT2D eigenvalue weighted by atomic mass is 15.1. The van der Waals surface area contributed by atoms with Gasteiger partial charge in [-0.05, 0) is 53.8 Å². The molecule has 0 saturated carbocycles. The van der Waals surface area contributed by atoms with E-state index in [1.54, 1.807) is 0 Å². The Bertz CT molecular complexity index is 207. The van der Waals surface area contributed by atoms with Gasteiger partial charge >= 0.3 is 0 Å². The summed E-state index contributed by atoms with van der Waals surface area (Å²) in [6.45, 7) is 10.4. The lowest BCUT2D eigenvalue weighted by Crippen LogP contribution is -2.45. The highest BCUT2D eigenvalue weighted by Gasteiger charge is 2.23. The van der Waals surface area contributed by atoms with E-state index in [1.807, 2.05) is 6.92 Å². The van der Waals surface area contributed by atoms with Gasteiger partial charge in [0.05, 0.1) is 6.07 Å². The van der Waals surface area contributed by atoms with Crippen LogP contribution < -0.4 is 5.32 Å². The molecular weight excluding hydrogens is 186 g/mol. The van der Waals surface area contributed by atoms with Crippen molar-refractivity contribution in [2.45, 2.75) is 52.1 Å². The van der Waals surface area contributed by atoms with Gasteiger partial charge in [-0.25, -0.2) is 0 Å². The fourth-order valence-electron chi connectivity index (χ4n) is 1.66. The Kier molecular flexibility index (Phi) is 6.55. The Morgan fingerprint density at radius 3 is 2.47 bits per heavy atom. The van der Waals surface area contributed by atoms with E-state index in [4.69, 9.17) is 5.26 Å². The zero-order valence-corrected chi connectivity index (χ0v) is 10.8. The Balaban J connectivity index is 3.95. The van der Waals surface area contributed by atoms with Crippen LogP contribution in [-0.4, -0.2) is 36.6 Å². The number of hydrogen-bond acceptors (Lipinski definition) is 3. The summed E-state index contributed by atoms with van der Waals surface area (Å²) in [5.41, 5.74) is -0.372. The lowest BCUT2D eigenvalue weighted by Gasteiger charge is -2.26. The zero-order chi connectivity index (χ0) is 11.9. The first-order valence-electron chi connectivity index (χ1n) is 5.81. The van der Waals surface area contributed by atoms with Crippen molar-refractivity contribution in [1.29, 1.82) is 5.26 Å². The van der Waals surface area contributed by atoms with Crippen LogP contribution >= 0.6 is 0 Å². The number of nitriles is 1. The summed E-state index contributed by atoms with van der Waals surface area (Å²) in [6, 6.07) is 2.73. The van der Waals surface area contributed by atoms with Gasteiger partial charge in [-0.15, -0.1) is 0 Å². The van der Waals surface area contributed by atoms with Gasteiger partial charge in [-0.1, -0.05) is 6.92 Å². The third-order valence-corrected chi connectivity index (χ3v) is 2.61. The highest BCUT2D eigenvalue weighted by Crippen LogP contribution is 2.12. The lowest BCUT2D eigenvalue weighted by molar-refractivity contribution is 0.309. The molecule has 1 atom stereocenters. The molecule has 1 N–H and O–H groups in total. The maximum absolute atomic E-state index is 9.13. The molecule has 0 spiro atoms. The van der Waals surface area contributed by atoms with E-state index in [1.165, 1.54) is 0 Å². The second-order valence-corrected chi connectivity index (χ2v) is 4.74. The lowest BCUT2D eigenvalue weighted by atomic mass is 9.96. The van der Waals surface area contributed by atoms with Crippen molar-refractivity contribution in [3.8, 4) is 6.07 Å². The molecule has 0 aromatic rings. The molecule has 0 aliphatic heterocycles. The summed E-state index contributed by atoms with van der Waals surface area (Å²) in [5.74, 6) is 0. The van der Waals surface area contributed by atoms with Crippen LogP contribution in [0.25, 0.3) is 0 Å². The molecule has 0 saturated heterocycles. The van der Waals surface area contributed by atoms with Gasteiger partial charge in [0, 0.05) is 6.04 Å². The molecule has 88 valence electrons. The standard InChI is InChI=1S/C12H25N3/c1-6-15(5)9-7-8-12(4,10-13)14-11(2)3/h11,14H,6-9H2,1-5H3. The average molecular weight is 211 g/mol. The summed E-state index contributed by atoms with van der Waals surface area (Å²) in [7, 11) is 2.11. The van der Waals surface area contributed by atoms with Crippen molar-refractivity contribution in [1.82, 2.24) is 10.2 Å². The van der Waals surface area contributed by atoms with E-state index >= 15 is 0 Å². The van der Waals surface area contributed by atoms with Crippen LogP contribution in [0, 0.1) is 11.3 Å². The Hall–Kier alpha value is -0.590. The Labute approximate surface area is 94.5 Å². The van der Waals surface area contributed by atoms with Crippen molar-refractivity contribution in [3.05, 3.63) is 0 Å². The predicted octanol–water partition coefficient (Wildman–Crippen LogP) is 2.00. The summed E-state index contributed by atoms with van der Waals surface area (Å²) >= 11 is 0. The van der Waals surface area contributed by atoms with Crippen LogP contribution in [0.4, 0.5) is 0 Å². The zero-order valence-electron chi connectivity index (χ0n) is 10.8. The van der Waals surface area contributed by atoms with Crippen molar-refractivity contribution in [3.63, 3.8) is 0 Å². The van der Waals surface area contributed by atoms with Crippen LogP contribution in [0.3, 0.4) is 0 Å². The van der Waals surface area contributed by atoms with E-state index in [-0.39, 0.29) is 5.54 Å². The molecule has 0 radical (unpaired) electrons. The minimum absolute atomic E-state index is 0.360. The Morgan fingerprint density at radius 1 is 1.47 bits per heavy atom. The van der Waals surface area contributed by atoms with Gasteiger partial charge in [0.25, 0.3) is 0 Å². The third-order valence-electron chi connectivity index (χ3n) is 2.61. The largest absolute Gasteiger partial charge is 0.307 e. The van der Waals surface area contributed by atoms with Crippen molar-refractivity contribution in [2.24, 2.45) is 0 Å². The maximum Gasteiger partial charge on any atom is 0.104 e. The van der Waals surface area contributed by atoms with Gasteiger partial charge in [0.1, 0.15) is 5.54 Å². The van der Waals surface area contributed by atoms with Gasteiger partial charge < -0.3 is 4.90 Å². The Morgan fingerprint density at radius 2 is 2.07 bits per heavy atom. The smallest absolute Gasteiger partial charge is 0.104 e. The number of hydrogen-bond donors (Lipinski definition) is 1. The first-order chi connectivity index (χ1) is 6.93. The molecule has 0 aliphatic carbocycles. The number of nitrogens with zero attached hydrogens (tertiary/aromatic N) is 2. The molecule has 0 fully saturated rings. The van der Waals surface area contributed by atoms with E-state index in [0.717, 1.165) is 25.9 Å². The second kappa shape index (κ2) is 6.81. The van der Waals surface area contributed by atoms with Crippen LogP contribution in [0.2, 0.25) is 0 Å². The SMILES string of the molecule is CCN(C)CCCC(C)(C#N)NC(C)C. The van der Waals surface area contributed by atoms with Crippen LogP contribution in [0.1, 0.15) is 40.5 Å². The summed E-state index contributed by atoms with van der Waals surface area (Å²) in [6.07, 6.45) is 1.97. The third kappa shape index (κ3) is 6.48. The van der Waals surface area contributed by atoms with Crippen LogP contribution in [0.15, 0.2) is 0 Å². The fraction of sp³-hybridized carbons (Fsp3) is 0.917. The fourth-order valence-corrected chi connectivity index (χ4v) is 1.66. The molecule has 3 nitrogen and oxygen atoms in total. The number of rotatable bonds is 7. The summed E-state index contributed by atoms with van der Waals surface area (Å²) in [4.78, 5) is 2.27. The first kappa shape index (κ1) is 14.4. The summed E-state index contributed by atoms with van der Waals surface area (Å²) in [5, 5.41) is 12.4. The van der Waals surface area contributed by atoms with Crippen molar-refractivity contribution in [2.75, 3.05) is 20.1 Å². The molecular formula is C12H25N3. The van der Waals surface area contributed by atoms with Crippen LogP contribution in [-0.2, 0) is 0 Å². The number of nitrogens with one attached hydrogen (secondary N) is 1. The van der Waals surface area contributed by atoms with Crippen molar-refractivity contribution < 1.29 is 0 Å². The minimum atomic E-state index is -0.372. The molecule has 1 unspecified atom stereocenters. The monoisotopic (exact) mass is 211 g/mol. The first-order valence-corrected chi connectivity index (χ1v) is 5.81. The molecule has 0 aromatic carbocycles. The van der Waals surface area contributed by atoms with E-state index in [2.05, 4.69) is 44.1 Å². The average Bonchev–Trinajstić information content (AvgIpc) is 2.16. The molecule has 0 heterocycles. The van der Waals surface area contributed by atoms with E-state index < -0.39 is 0 Å². The molecule has 0 bridgehead atoms. The molecule has 3 heteroatoms. The van der Waals surface area contributed by atoms with E-state index in [0.29, 0.717) is 6.04 Å². The van der Waals surface area contributed by atoms with Gasteiger partial charge in [-0.2, -0.15) is 5.26 Å². The minimum Gasteiger partial charge on any atom is -0.307 e. The molecule has 15 heavy (non-hydrogen) atoms. The quantitative estimate of drug-likeness (QED) is 0.700. The van der Waals surface area contributed by atoms with Crippen LogP contribution in [0.5, 0.6) is 0 Å². The predicted molar refractivity (Wildman–Crippen MR) is 64.7 cm³/mol. The normalized spacial score (nSPS) is 15.3. The highest BCUT2D eigenvalue weighted by molar-refractivity contribution is 5.04. The molecule has 0 amide bonds. The molecule has 0 aromatic heterocycles.